The van der Waals surface area contributed by atoms with Gasteiger partial charge in [-0.1, -0.05) is 24.3 Å². The Bertz CT molecular complexity index is 1330. The summed E-state index contributed by atoms with van der Waals surface area (Å²) in [4.78, 5) is 25.6. The van der Waals surface area contributed by atoms with Crippen molar-refractivity contribution >= 4 is 22.8 Å². The number of esters is 1. The fraction of sp³-hybridized carbons (Fsp3) is 0.385. The number of rotatable bonds is 6. The van der Waals surface area contributed by atoms with Gasteiger partial charge in [-0.05, 0) is 55.5 Å². The molecule has 5 nitrogen and oxygen atoms in total. The standard InChI is InChI=1S/C26H23F3N2O3/c1-34-22(33)23-14-24(23,15-23)25(10-11-25)30-21(32)19-4-2-3-17-9-12-31(20(17)19)13-16-5-7-18(8-6-16)26(27,28)29/h2-9,12H,10-11,13-15H2,1H3,(H,30,32). The molecule has 3 aliphatic carbocycles. The molecule has 0 radical (unpaired) electrons. The van der Waals surface area contributed by atoms with E-state index in [1.165, 1.54) is 19.2 Å². The van der Waals surface area contributed by atoms with E-state index in [1.807, 2.05) is 29.0 Å². The summed E-state index contributed by atoms with van der Waals surface area (Å²) in [5.74, 6) is -0.372. The van der Waals surface area contributed by atoms with Crippen molar-refractivity contribution in [2.45, 2.75) is 43.9 Å². The molecular formula is C26H23F3N2O3. The summed E-state index contributed by atoms with van der Waals surface area (Å²) < 4.78 is 45.5. The molecule has 6 rings (SSSR count). The summed E-state index contributed by atoms with van der Waals surface area (Å²) in [5, 5.41) is 4.12. The van der Waals surface area contributed by atoms with Gasteiger partial charge in [0.05, 0.1) is 29.2 Å². The van der Waals surface area contributed by atoms with Crippen LogP contribution >= 0.6 is 0 Å². The Kier molecular flexibility index (Phi) is 4.15. The third kappa shape index (κ3) is 2.87. The van der Waals surface area contributed by atoms with Crippen LogP contribution in [0.4, 0.5) is 13.2 Å². The molecule has 0 spiro atoms. The maximum absolute atomic E-state index is 13.4. The van der Waals surface area contributed by atoms with Crippen molar-refractivity contribution < 1.29 is 27.5 Å². The fourth-order valence-corrected chi connectivity index (χ4v) is 5.93. The highest BCUT2D eigenvalue weighted by Crippen LogP contribution is 2.93. The normalized spacial score (nSPS) is 26.0. The van der Waals surface area contributed by atoms with Gasteiger partial charge in [0.25, 0.3) is 5.91 Å². The van der Waals surface area contributed by atoms with E-state index in [0.717, 1.165) is 48.7 Å². The fourth-order valence-electron chi connectivity index (χ4n) is 5.93. The Balaban J connectivity index is 1.26. The van der Waals surface area contributed by atoms with E-state index in [-0.39, 0.29) is 22.8 Å². The van der Waals surface area contributed by atoms with Gasteiger partial charge in [0.1, 0.15) is 0 Å². The zero-order valence-electron chi connectivity index (χ0n) is 18.5. The Morgan fingerprint density at radius 3 is 2.38 bits per heavy atom. The van der Waals surface area contributed by atoms with Gasteiger partial charge >= 0.3 is 12.1 Å². The van der Waals surface area contributed by atoms with E-state index in [0.29, 0.717) is 17.7 Å². The van der Waals surface area contributed by atoms with Crippen molar-refractivity contribution in [1.82, 2.24) is 9.88 Å². The van der Waals surface area contributed by atoms with Gasteiger partial charge in [-0.3, -0.25) is 9.59 Å². The molecule has 1 aromatic heterocycles. The van der Waals surface area contributed by atoms with Crippen LogP contribution in [0.1, 0.15) is 47.2 Å². The van der Waals surface area contributed by atoms with E-state index >= 15 is 0 Å². The third-order valence-electron chi connectivity index (χ3n) is 8.14. The second-order valence-corrected chi connectivity index (χ2v) is 9.93. The first kappa shape index (κ1) is 21.3. The van der Waals surface area contributed by atoms with Crippen LogP contribution in [0.3, 0.4) is 0 Å². The minimum Gasteiger partial charge on any atom is -0.469 e. The minimum atomic E-state index is -4.38. The van der Waals surface area contributed by atoms with E-state index < -0.39 is 17.2 Å². The molecule has 0 bridgehead atoms. The smallest absolute Gasteiger partial charge is 0.416 e. The number of nitrogens with zero attached hydrogens (tertiary/aromatic N) is 1. The predicted molar refractivity (Wildman–Crippen MR) is 118 cm³/mol. The molecule has 0 aliphatic heterocycles. The summed E-state index contributed by atoms with van der Waals surface area (Å²) in [7, 11) is 1.40. The predicted octanol–water partition coefficient (Wildman–Crippen LogP) is 4.92. The summed E-state index contributed by atoms with van der Waals surface area (Å²) in [6.07, 6.45) is 0.689. The lowest BCUT2D eigenvalue weighted by Gasteiger charge is -2.21. The molecular weight excluding hydrogens is 445 g/mol. The van der Waals surface area contributed by atoms with Crippen molar-refractivity contribution in [2.75, 3.05) is 7.11 Å². The third-order valence-corrected chi connectivity index (χ3v) is 8.14. The van der Waals surface area contributed by atoms with Crippen LogP contribution < -0.4 is 5.32 Å². The van der Waals surface area contributed by atoms with Crippen LogP contribution in [0.25, 0.3) is 10.9 Å². The van der Waals surface area contributed by atoms with Crippen molar-refractivity contribution in [2.24, 2.45) is 10.8 Å². The topological polar surface area (TPSA) is 60.3 Å². The molecule has 0 unspecified atom stereocenters. The average molecular weight is 468 g/mol. The van der Waals surface area contributed by atoms with E-state index in [9.17, 15) is 22.8 Å². The Morgan fingerprint density at radius 2 is 1.76 bits per heavy atom. The first-order chi connectivity index (χ1) is 16.1. The van der Waals surface area contributed by atoms with Crippen LogP contribution in [0.5, 0.6) is 0 Å². The molecule has 1 heterocycles. The Hall–Kier alpha value is -3.29. The lowest BCUT2D eigenvalue weighted by atomic mass is 10.0. The highest BCUT2D eigenvalue weighted by atomic mass is 19.4. The number of carbonyl (C=O) groups is 2. The van der Waals surface area contributed by atoms with E-state index in [1.54, 1.807) is 6.07 Å². The number of halogens is 3. The first-order valence-corrected chi connectivity index (χ1v) is 11.3. The van der Waals surface area contributed by atoms with Gasteiger partial charge in [-0.2, -0.15) is 13.2 Å². The number of para-hydroxylation sites is 1. The van der Waals surface area contributed by atoms with Crippen LogP contribution in [-0.4, -0.2) is 29.1 Å². The number of hydrogen-bond acceptors (Lipinski definition) is 3. The van der Waals surface area contributed by atoms with Crippen LogP contribution in [0, 0.1) is 10.8 Å². The van der Waals surface area contributed by atoms with E-state index in [2.05, 4.69) is 5.32 Å². The molecule has 2 aromatic carbocycles. The van der Waals surface area contributed by atoms with Crippen LogP contribution in [0.15, 0.2) is 54.7 Å². The number of amides is 1. The molecule has 3 aliphatic rings. The highest BCUT2D eigenvalue weighted by molar-refractivity contribution is 6.06. The van der Waals surface area contributed by atoms with Gasteiger partial charge < -0.3 is 14.6 Å². The number of hydrogen-bond donors (Lipinski definition) is 1. The highest BCUT2D eigenvalue weighted by Gasteiger charge is 2.95. The quantitative estimate of drug-likeness (QED) is 0.523. The number of ether oxygens (including phenoxy) is 1. The molecule has 0 saturated heterocycles. The molecule has 0 atom stereocenters. The second kappa shape index (κ2) is 6.64. The van der Waals surface area contributed by atoms with Gasteiger partial charge in [0.2, 0.25) is 0 Å². The van der Waals surface area contributed by atoms with E-state index in [4.69, 9.17) is 4.74 Å². The Morgan fingerprint density at radius 1 is 1.06 bits per heavy atom. The minimum absolute atomic E-state index is 0.168. The molecule has 8 heteroatoms. The second-order valence-electron chi connectivity index (χ2n) is 9.93. The van der Waals surface area contributed by atoms with Gasteiger partial charge in [0, 0.05) is 29.1 Å². The van der Waals surface area contributed by atoms with Crippen LogP contribution in [-0.2, 0) is 22.3 Å². The zero-order chi connectivity index (χ0) is 23.9. The lowest BCUT2D eigenvalue weighted by Crippen LogP contribution is -2.41. The van der Waals surface area contributed by atoms with Gasteiger partial charge in [0.15, 0.2) is 0 Å². The maximum Gasteiger partial charge on any atom is 0.416 e. The summed E-state index contributed by atoms with van der Waals surface area (Å²) >= 11 is 0. The number of carbonyl (C=O) groups excluding carboxylic acids is 2. The number of methoxy groups -OCH3 is 1. The molecule has 1 amide bonds. The molecule has 176 valence electrons. The maximum atomic E-state index is 13.4. The van der Waals surface area contributed by atoms with Gasteiger partial charge in [-0.15, -0.1) is 0 Å². The summed E-state index contributed by atoms with van der Waals surface area (Å²) in [6, 6.07) is 12.5. The lowest BCUT2D eigenvalue weighted by molar-refractivity contribution is -0.144. The van der Waals surface area contributed by atoms with Crippen LogP contribution in [0.2, 0.25) is 0 Å². The van der Waals surface area contributed by atoms with Crippen molar-refractivity contribution in [3.63, 3.8) is 0 Å². The van der Waals surface area contributed by atoms with Crippen molar-refractivity contribution in [1.29, 1.82) is 0 Å². The number of aromatic nitrogens is 1. The molecule has 34 heavy (non-hydrogen) atoms. The SMILES string of the molecule is COC(=O)C12CC1(C1(NC(=O)c3cccc4ccn(Cc5ccc(C(F)(F)F)cc5)c34)CC1)C2. The van der Waals surface area contributed by atoms with Crippen molar-refractivity contribution in [3.05, 3.63) is 71.4 Å². The average Bonchev–Trinajstić information content (AvgIpc) is 3.72. The number of benzene rings is 2. The number of fused-ring (bicyclic) bond motifs is 2. The summed E-state index contributed by atoms with van der Waals surface area (Å²) in [6.45, 7) is 0.340. The molecule has 3 aromatic rings. The number of nitrogens with one attached hydrogen (secondary N) is 1. The first-order valence-electron chi connectivity index (χ1n) is 11.3. The Labute approximate surface area is 193 Å². The molecule has 3 fully saturated rings. The van der Waals surface area contributed by atoms with Crippen molar-refractivity contribution in [3.8, 4) is 0 Å². The molecule has 3 saturated carbocycles. The monoisotopic (exact) mass is 468 g/mol. The zero-order valence-corrected chi connectivity index (χ0v) is 18.5. The number of alkyl halides is 3. The molecule has 1 N–H and O–H groups in total. The largest absolute Gasteiger partial charge is 0.469 e. The van der Waals surface area contributed by atoms with Gasteiger partial charge in [-0.25, -0.2) is 0 Å². The summed E-state index contributed by atoms with van der Waals surface area (Å²) in [5.41, 5.74) is 0.328.